The van der Waals surface area contributed by atoms with Crippen LogP contribution in [0.25, 0.3) is 5.57 Å². The van der Waals surface area contributed by atoms with Crippen LogP contribution in [0.15, 0.2) is 90.5 Å². The van der Waals surface area contributed by atoms with Gasteiger partial charge >= 0.3 is 0 Å². The highest BCUT2D eigenvalue weighted by Gasteiger charge is 2.51. The molecule has 130 valence electrons. The second-order valence-corrected chi connectivity index (χ2v) is 8.54. The lowest BCUT2D eigenvalue weighted by Gasteiger charge is -2.40. The van der Waals surface area contributed by atoms with Gasteiger partial charge in [-0.15, -0.1) is 0 Å². The molecule has 2 aliphatic carbocycles. The topological polar surface area (TPSA) is 9.23 Å². The molecule has 0 aromatic heterocycles. The maximum Gasteiger partial charge on any atom is 0.132 e. The lowest BCUT2D eigenvalue weighted by molar-refractivity contribution is 0.435. The quantitative estimate of drug-likeness (QED) is 0.377. The SMILES string of the molecule is BrC1C=CC2=C(C1)c1ccccc1C21c2ccccc2Oc2ccccc21. The molecule has 3 aliphatic rings. The largest absolute Gasteiger partial charge is 0.457 e. The average molecular weight is 413 g/mol. The maximum absolute atomic E-state index is 6.32. The molecule has 1 heterocycles. The van der Waals surface area contributed by atoms with Gasteiger partial charge in [0.15, 0.2) is 0 Å². The molecule has 0 saturated carbocycles. The third-order valence-electron chi connectivity index (χ3n) is 6.06. The predicted molar refractivity (Wildman–Crippen MR) is 113 cm³/mol. The fourth-order valence-corrected chi connectivity index (χ4v) is 5.55. The van der Waals surface area contributed by atoms with Crippen LogP contribution >= 0.6 is 15.9 Å². The number of benzene rings is 3. The van der Waals surface area contributed by atoms with Gasteiger partial charge in [-0.25, -0.2) is 0 Å². The van der Waals surface area contributed by atoms with Crippen molar-refractivity contribution in [2.45, 2.75) is 16.7 Å². The molecule has 1 spiro atoms. The molecule has 1 nitrogen and oxygen atoms in total. The van der Waals surface area contributed by atoms with Crippen molar-refractivity contribution >= 4 is 21.5 Å². The van der Waals surface area contributed by atoms with E-state index in [9.17, 15) is 0 Å². The van der Waals surface area contributed by atoms with Crippen molar-refractivity contribution in [3.05, 3.63) is 113 Å². The Hall–Kier alpha value is -2.58. The average Bonchev–Trinajstić information content (AvgIpc) is 2.99. The van der Waals surface area contributed by atoms with Gasteiger partial charge < -0.3 is 4.74 Å². The number of ether oxygens (including phenoxy) is 1. The van der Waals surface area contributed by atoms with Crippen molar-refractivity contribution in [1.29, 1.82) is 0 Å². The summed E-state index contributed by atoms with van der Waals surface area (Å²) in [4.78, 5) is 0.379. The lowest BCUT2D eigenvalue weighted by atomic mass is 9.65. The van der Waals surface area contributed by atoms with Crippen molar-refractivity contribution in [3.8, 4) is 11.5 Å². The number of fused-ring (bicyclic) bond motifs is 8. The van der Waals surface area contributed by atoms with E-state index < -0.39 is 0 Å². The Morgan fingerprint density at radius 1 is 0.778 bits per heavy atom. The molecule has 0 amide bonds. The summed E-state index contributed by atoms with van der Waals surface area (Å²) in [6, 6.07) is 25.9. The fourth-order valence-electron chi connectivity index (χ4n) is 5.07. The minimum absolute atomic E-state index is 0.305. The van der Waals surface area contributed by atoms with E-state index in [4.69, 9.17) is 4.74 Å². The fraction of sp³-hybridized carbons (Fsp3) is 0.120. The summed E-state index contributed by atoms with van der Waals surface area (Å²) in [5.41, 5.74) is 7.74. The number of alkyl halides is 1. The van der Waals surface area contributed by atoms with Gasteiger partial charge in [0.05, 0.1) is 5.41 Å². The Labute approximate surface area is 167 Å². The van der Waals surface area contributed by atoms with Crippen LogP contribution in [0.1, 0.15) is 28.7 Å². The Morgan fingerprint density at radius 3 is 2.07 bits per heavy atom. The molecule has 27 heavy (non-hydrogen) atoms. The zero-order valence-electron chi connectivity index (χ0n) is 14.7. The van der Waals surface area contributed by atoms with Gasteiger partial charge in [0.25, 0.3) is 0 Å². The van der Waals surface area contributed by atoms with E-state index in [1.807, 2.05) is 0 Å². The number of halogens is 1. The van der Waals surface area contributed by atoms with Gasteiger partial charge in [0.2, 0.25) is 0 Å². The normalized spacial score (nSPS) is 20.6. The first-order valence-electron chi connectivity index (χ1n) is 9.33. The number of rotatable bonds is 0. The summed E-state index contributed by atoms with van der Waals surface area (Å²) in [5.74, 6) is 1.91. The molecule has 0 saturated heterocycles. The van der Waals surface area contributed by atoms with Crippen LogP contribution in [-0.4, -0.2) is 4.83 Å². The van der Waals surface area contributed by atoms with Gasteiger partial charge in [0, 0.05) is 16.0 Å². The van der Waals surface area contributed by atoms with Crippen LogP contribution in [0, 0.1) is 0 Å². The summed E-state index contributed by atoms with van der Waals surface area (Å²) >= 11 is 3.81. The molecule has 1 atom stereocenters. The van der Waals surface area contributed by atoms with Gasteiger partial charge in [-0.3, -0.25) is 0 Å². The molecule has 0 fully saturated rings. The first-order chi connectivity index (χ1) is 13.3. The Morgan fingerprint density at radius 2 is 1.37 bits per heavy atom. The van der Waals surface area contributed by atoms with Gasteiger partial charge in [-0.05, 0) is 40.8 Å². The van der Waals surface area contributed by atoms with E-state index in [1.54, 1.807) is 0 Å². The predicted octanol–water partition coefficient (Wildman–Crippen LogP) is 6.62. The molecule has 2 heteroatoms. The standard InChI is InChI=1S/C25H17BrO/c26-16-13-14-20-18(15-16)17-7-1-2-8-19(17)25(20)21-9-3-5-11-23(21)27-24-12-6-4-10-22(24)25/h1-14,16H,15H2. The van der Waals surface area contributed by atoms with Crippen molar-refractivity contribution in [3.63, 3.8) is 0 Å². The minimum atomic E-state index is -0.305. The van der Waals surface area contributed by atoms with Crippen LogP contribution in [0.4, 0.5) is 0 Å². The molecule has 6 rings (SSSR count). The number of allylic oxidation sites excluding steroid dienone is 4. The zero-order chi connectivity index (χ0) is 18.0. The van der Waals surface area contributed by atoms with Gasteiger partial charge in [0.1, 0.15) is 11.5 Å². The van der Waals surface area contributed by atoms with Crippen LogP contribution in [0.2, 0.25) is 0 Å². The van der Waals surface area contributed by atoms with E-state index >= 15 is 0 Å². The Balaban J connectivity index is 1.80. The smallest absolute Gasteiger partial charge is 0.132 e. The summed E-state index contributed by atoms with van der Waals surface area (Å²) in [6.45, 7) is 0. The third-order valence-corrected chi connectivity index (χ3v) is 6.69. The van der Waals surface area contributed by atoms with Crippen LogP contribution in [0.3, 0.4) is 0 Å². The second kappa shape index (κ2) is 5.46. The van der Waals surface area contributed by atoms with E-state index in [2.05, 4.69) is 101 Å². The molecule has 3 aromatic carbocycles. The number of para-hydroxylation sites is 2. The molecule has 0 radical (unpaired) electrons. The molecule has 0 bridgehead atoms. The van der Waals surface area contributed by atoms with Crippen LogP contribution in [0.5, 0.6) is 11.5 Å². The van der Waals surface area contributed by atoms with Gasteiger partial charge in [-0.2, -0.15) is 0 Å². The summed E-state index contributed by atoms with van der Waals surface area (Å²) in [5, 5.41) is 0. The van der Waals surface area contributed by atoms with E-state index in [-0.39, 0.29) is 5.41 Å². The van der Waals surface area contributed by atoms with Crippen molar-refractivity contribution < 1.29 is 4.74 Å². The Bertz CT molecular complexity index is 1110. The van der Waals surface area contributed by atoms with Crippen LogP contribution < -0.4 is 4.74 Å². The number of hydrogen-bond donors (Lipinski definition) is 0. The van der Waals surface area contributed by atoms with Crippen molar-refractivity contribution in [1.82, 2.24) is 0 Å². The molecular weight excluding hydrogens is 396 g/mol. The first-order valence-corrected chi connectivity index (χ1v) is 10.2. The highest BCUT2D eigenvalue weighted by atomic mass is 79.9. The minimum Gasteiger partial charge on any atom is -0.457 e. The molecule has 0 N–H and O–H groups in total. The van der Waals surface area contributed by atoms with Gasteiger partial charge in [-0.1, -0.05) is 88.7 Å². The monoisotopic (exact) mass is 412 g/mol. The summed E-state index contributed by atoms with van der Waals surface area (Å²) < 4.78 is 6.32. The molecule has 3 aromatic rings. The molecule has 1 unspecified atom stereocenters. The third kappa shape index (κ3) is 1.89. The molecule has 1 aliphatic heterocycles. The van der Waals surface area contributed by atoms with Crippen molar-refractivity contribution in [2.24, 2.45) is 0 Å². The highest BCUT2D eigenvalue weighted by molar-refractivity contribution is 9.09. The van der Waals surface area contributed by atoms with E-state index in [0.717, 1.165) is 17.9 Å². The molecular formula is C25H17BrO. The zero-order valence-corrected chi connectivity index (χ0v) is 16.2. The van der Waals surface area contributed by atoms with Crippen LogP contribution in [-0.2, 0) is 5.41 Å². The first kappa shape index (κ1) is 15.5. The lowest BCUT2D eigenvalue weighted by Crippen LogP contribution is -2.33. The maximum atomic E-state index is 6.32. The number of hydrogen-bond acceptors (Lipinski definition) is 1. The highest BCUT2D eigenvalue weighted by Crippen LogP contribution is 2.62. The van der Waals surface area contributed by atoms with Crippen molar-refractivity contribution in [2.75, 3.05) is 0 Å². The summed E-state index contributed by atoms with van der Waals surface area (Å²) in [6.07, 6.45) is 5.63. The Kier molecular flexibility index (Phi) is 3.13. The van der Waals surface area contributed by atoms with E-state index in [1.165, 1.54) is 33.4 Å². The second-order valence-electron chi connectivity index (χ2n) is 7.36. The summed E-state index contributed by atoms with van der Waals surface area (Å²) in [7, 11) is 0. The van der Waals surface area contributed by atoms with E-state index in [0.29, 0.717) is 4.83 Å².